The Labute approximate surface area is 384 Å². The van der Waals surface area contributed by atoms with E-state index in [1.54, 1.807) is 72.8 Å². The lowest BCUT2D eigenvalue weighted by atomic mass is 9.85. The van der Waals surface area contributed by atoms with Crippen LogP contribution in [0.5, 0.6) is 0 Å². The Morgan fingerprint density at radius 3 is 1.25 bits per heavy atom. The second-order valence-corrected chi connectivity index (χ2v) is 16.1. The first kappa shape index (κ1) is 40.4. The molecule has 0 aliphatic carbocycles. The van der Waals surface area contributed by atoms with Crippen molar-refractivity contribution >= 4 is 161 Å². The van der Waals surface area contributed by atoms with Gasteiger partial charge in [0.2, 0.25) is 0 Å². The van der Waals surface area contributed by atoms with Gasteiger partial charge in [0.25, 0.3) is 0 Å². The van der Waals surface area contributed by atoms with E-state index < -0.39 is 0 Å². The van der Waals surface area contributed by atoms with Gasteiger partial charge < -0.3 is 0 Å². The highest BCUT2D eigenvalue weighted by molar-refractivity contribution is 6.56. The molecule has 8 bridgehead atoms. The standard InChI is InChI=1S/C44H20Cl8N4.Mg.2H/c45-27-5-1-6-28(46)36(27)26-19-25-18-23-14-13-21(53-23)17-22-15-16-24(54-22)20-35-40(37-29(47)7-2-8-30(37)48)41(38-31(49)9-3-10-32(38)50)44(56-35)42(43(26)55-25)39-33(51)11-4-12-34(39)52;;;/h1-20H;;;. The van der Waals surface area contributed by atoms with Crippen molar-refractivity contribution in [2.75, 3.05) is 0 Å². The monoisotopic (exact) mass is 910 g/mol. The largest absolute Gasteiger partial charge is 0.316 e. The fraction of sp³-hybridized carbons (Fsp3) is 0. The topological polar surface area (TPSA) is 49.4 Å². The summed E-state index contributed by atoms with van der Waals surface area (Å²) in [6.45, 7) is 0. The molecule has 0 saturated carbocycles. The van der Waals surface area contributed by atoms with Crippen LogP contribution in [0.25, 0.3) is 22.3 Å². The first-order valence-electron chi connectivity index (χ1n) is 16.9. The predicted molar refractivity (Wildman–Crippen MR) is 248 cm³/mol. The van der Waals surface area contributed by atoms with Gasteiger partial charge in [-0.3, -0.25) is 0 Å². The van der Waals surface area contributed by atoms with Gasteiger partial charge in [-0.1, -0.05) is 117 Å². The van der Waals surface area contributed by atoms with Crippen LogP contribution in [0.4, 0.5) is 0 Å². The van der Waals surface area contributed by atoms with Crippen LogP contribution in [0.15, 0.2) is 164 Å². The summed E-state index contributed by atoms with van der Waals surface area (Å²) < 4.78 is 0. The molecule has 0 atom stereocenters. The number of hydrogen-bond acceptors (Lipinski definition) is 4. The van der Waals surface area contributed by atoms with E-state index in [-0.39, 0.29) is 23.1 Å². The number of aliphatic imine (C=N–C) groups is 4. The molecule has 0 radical (unpaired) electrons. The molecule has 0 N–H and O–H groups in total. The van der Waals surface area contributed by atoms with Crippen molar-refractivity contribution in [2.45, 2.75) is 0 Å². The van der Waals surface area contributed by atoms with Gasteiger partial charge in [0.05, 0.1) is 55.7 Å². The number of halogens is 8. The first-order chi connectivity index (χ1) is 27.0. The highest BCUT2D eigenvalue weighted by Gasteiger charge is 2.37. The van der Waals surface area contributed by atoms with Gasteiger partial charge in [-0.05, 0) is 97.1 Å². The Morgan fingerprint density at radius 2 is 0.754 bits per heavy atom. The predicted octanol–water partition coefficient (Wildman–Crippen LogP) is 14.0. The van der Waals surface area contributed by atoms with Crippen LogP contribution >= 0.6 is 92.8 Å². The summed E-state index contributed by atoms with van der Waals surface area (Å²) in [7, 11) is 0. The van der Waals surface area contributed by atoms with Crippen LogP contribution in [-0.2, 0) is 0 Å². The van der Waals surface area contributed by atoms with E-state index in [2.05, 4.69) is 0 Å². The summed E-state index contributed by atoms with van der Waals surface area (Å²) in [6, 6.07) is 21.1. The maximum absolute atomic E-state index is 7.17. The molecule has 4 aromatic rings. The molecule has 4 aromatic carbocycles. The number of benzene rings is 4. The molecule has 0 unspecified atom stereocenters. The minimum atomic E-state index is 0. The normalized spacial score (nSPS) is 16.8. The summed E-state index contributed by atoms with van der Waals surface area (Å²) in [6.07, 6.45) is 15.2. The highest BCUT2D eigenvalue weighted by atomic mass is 35.5. The van der Waals surface area contributed by atoms with Crippen molar-refractivity contribution in [1.82, 2.24) is 0 Å². The lowest BCUT2D eigenvalue weighted by Gasteiger charge is -2.21. The average molecular weight is 915 g/mol. The molecule has 0 spiro atoms. The Kier molecular flexibility index (Phi) is 11.5. The molecule has 57 heavy (non-hydrogen) atoms. The van der Waals surface area contributed by atoms with E-state index in [9.17, 15) is 0 Å². The molecule has 0 saturated heterocycles. The number of hydrogen-bond donors (Lipinski definition) is 0. The lowest BCUT2D eigenvalue weighted by molar-refractivity contribution is 1.41. The van der Waals surface area contributed by atoms with Crippen LogP contribution in [0.3, 0.4) is 0 Å². The summed E-state index contributed by atoms with van der Waals surface area (Å²) in [4.78, 5) is 20.4. The Hall–Kier alpha value is -3.43. The van der Waals surface area contributed by atoms with Crippen LogP contribution in [-0.4, -0.2) is 45.9 Å². The van der Waals surface area contributed by atoms with Gasteiger partial charge in [0.1, 0.15) is 0 Å². The van der Waals surface area contributed by atoms with Gasteiger partial charge in [0.15, 0.2) is 0 Å². The minimum absolute atomic E-state index is 0. The number of rotatable bonds is 4. The summed E-state index contributed by atoms with van der Waals surface area (Å²) in [5.41, 5.74) is 8.54. The molecule has 4 nitrogen and oxygen atoms in total. The van der Waals surface area contributed by atoms with Crippen molar-refractivity contribution < 1.29 is 0 Å². The van der Waals surface area contributed by atoms with E-state index in [0.29, 0.717) is 125 Å². The maximum atomic E-state index is 7.17. The molecule has 0 fully saturated rings. The Balaban J connectivity index is 0.00000455. The molecule has 5 aliphatic heterocycles. The second kappa shape index (κ2) is 16.3. The van der Waals surface area contributed by atoms with Crippen LogP contribution in [0, 0.1) is 0 Å². The molecule has 0 aromatic heterocycles. The van der Waals surface area contributed by atoms with E-state index in [4.69, 9.17) is 113 Å². The molecular weight excluding hydrogens is 892 g/mol. The molecule has 5 heterocycles. The van der Waals surface area contributed by atoms with Gasteiger partial charge in [-0.15, -0.1) is 0 Å². The van der Waals surface area contributed by atoms with Crippen molar-refractivity contribution in [2.24, 2.45) is 20.0 Å². The average Bonchev–Trinajstić information content (AvgIpc) is 3.95. The lowest BCUT2D eigenvalue weighted by Crippen LogP contribution is -2.09. The summed E-state index contributed by atoms with van der Waals surface area (Å²) >= 11 is 56.7. The summed E-state index contributed by atoms with van der Waals surface area (Å²) in [5.74, 6) is 0. The Bertz CT molecular complexity index is 2800. The van der Waals surface area contributed by atoms with Crippen LogP contribution in [0.2, 0.25) is 40.2 Å². The van der Waals surface area contributed by atoms with E-state index in [1.807, 2.05) is 48.6 Å². The molecule has 276 valence electrons. The third kappa shape index (κ3) is 7.42. The molecular formula is C44H22Cl8MgN4. The molecule has 13 heteroatoms. The minimum Gasteiger partial charge on any atom is -0.249 e. The third-order valence-electron chi connectivity index (χ3n) is 9.35. The number of nitrogens with zero attached hydrogens (tertiary/aromatic N) is 4. The second-order valence-electron chi connectivity index (χ2n) is 12.8. The van der Waals surface area contributed by atoms with E-state index in [1.165, 1.54) is 0 Å². The van der Waals surface area contributed by atoms with E-state index >= 15 is 0 Å². The van der Waals surface area contributed by atoms with Crippen molar-refractivity contribution in [3.63, 3.8) is 0 Å². The zero-order valence-electron chi connectivity index (χ0n) is 28.4. The highest BCUT2D eigenvalue weighted by Crippen LogP contribution is 2.53. The SMILES string of the molecule is Clc1cccc(Cl)c1C1=CC2=CC3=NC(=CC4=NC(=CC5=NC(=C(c6c(Cl)cccc6Cl)C1=N2)C(c1c(Cl)cccc1Cl)=C5c1c(Cl)cccc1Cl)C=C4)C=C3.[MgH2]. The zero-order chi connectivity index (χ0) is 38.8. The quantitative estimate of drug-likeness (QED) is 0.183. The fourth-order valence-electron chi connectivity index (χ4n) is 7.02. The van der Waals surface area contributed by atoms with Crippen molar-refractivity contribution in [3.8, 4) is 0 Å². The maximum Gasteiger partial charge on any atom is 0.316 e. The van der Waals surface area contributed by atoms with Crippen LogP contribution < -0.4 is 0 Å². The van der Waals surface area contributed by atoms with E-state index in [0.717, 1.165) is 5.70 Å². The molecule has 0 amide bonds. The third-order valence-corrected chi connectivity index (χ3v) is 11.9. The van der Waals surface area contributed by atoms with Crippen LogP contribution in [0.1, 0.15) is 22.3 Å². The molecule has 9 rings (SSSR count). The Morgan fingerprint density at radius 1 is 0.351 bits per heavy atom. The number of fused-ring (bicyclic) bond motifs is 4. The van der Waals surface area contributed by atoms with Crippen molar-refractivity contribution in [1.29, 1.82) is 0 Å². The fourth-order valence-corrected chi connectivity index (χ4v) is 9.38. The smallest absolute Gasteiger partial charge is 0.249 e. The van der Waals surface area contributed by atoms with Gasteiger partial charge >= 0.3 is 23.1 Å². The zero-order valence-corrected chi connectivity index (χ0v) is 34.4. The van der Waals surface area contributed by atoms with Crippen molar-refractivity contribution in [3.05, 3.63) is 207 Å². The van der Waals surface area contributed by atoms with Gasteiger partial charge in [0, 0.05) is 74.7 Å². The molecule has 5 aliphatic rings. The summed E-state index contributed by atoms with van der Waals surface area (Å²) in [5, 5.41) is 2.88. The number of allylic oxidation sites excluding steroid dienone is 12. The van der Waals surface area contributed by atoms with Gasteiger partial charge in [-0.25, -0.2) is 20.0 Å². The first-order valence-corrected chi connectivity index (χ1v) is 19.9. The van der Waals surface area contributed by atoms with Gasteiger partial charge in [-0.2, -0.15) is 0 Å².